The molecule has 40 heavy (non-hydrogen) atoms. The fourth-order valence-electron chi connectivity index (χ4n) is 6.46. The van der Waals surface area contributed by atoms with Crippen LogP contribution in [0.1, 0.15) is 45.1 Å². The quantitative estimate of drug-likeness (QED) is 0.463. The lowest BCUT2D eigenvalue weighted by molar-refractivity contribution is 0.101. The van der Waals surface area contributed by atoms with Crippen LogP contribution in [-0.4, -0.2) is 54.8 Å². The summed E-state index contributed by atoms with van der Waals surface area (Å²) in [5.41, 5.74) is 3.39. The van der Waals surface area contributed by atoms with Crippen molar-refractivity contribution in [2.45, 2.75) is 32.4 Å². The van der Waals surface area contributed by atoms with Gasteiger partial charge in [-0.25, -0.2) is 0 Å². The van der Waals surface area contributed by atoms with Crippen molar-refractivity contribution in [3.8, 4) is 28.7 Å². The third-order valence-electron chi connectivity index (χ3n) is 8.18. The van der Waals surface area contributed by atoms with Gasteiger partial charge in [0.05, 0.1) is 32.5 Å². The number of phenols is 1. The van der Waals surface area contributed by atoms with Gasteiger partial charge in [0.1, 0.15) is 11.5 Å². The number of methoxy groups -OCH3 is 3. The highest BCUT2D eigenvalue weighted by atomic mass is 16.5. The number of nitrogens with zero attached hydrogens (tertiary/aromatic N) is 2. The van der Waals surface area contributed by atoms with Crippen molar-refractivity contribution in [1.82, 2.24) is 9.47 Å². The number of phenolic OH excluding ortho intramolecular Hbond substituents is 1. The lowest BCUT2D eigenvalue weighted by atomic mass is 9.83. The summed E-state index contributed by atoms with van der Waals surface area (Å²) >= 11 is 0. The monoisotopic (exact) mass is 544 g/mol. The minimum atomic E-state index is -0.255. The molecule has 1 fully saturated rings. The average molecular weight is 545 g/mol. The summed E-state index contributed by atoms with van der Waals surface area (Å²) in [4.78, 5) is 28.3. The standard InChI is InChI=1S/C31H32N2O7/c1-17-10-23(34)21(16-32-13-18-11-20(15-32)22-6-5-7-26(35)33(22)14-18)30-27(17)28(36)25(40-30)12-19-8-9-24(37-2)31(39-4)29(19)38-3/h5-10,12,18,20,34H,11,13-16H2,1-4H3/b25-12-/t18-,20+/m1/s1. The number of aromatic nitrogens is 1. The van der Waals surface area contributed by atoms with Gasteiger partial charge < -0.3 is 28.6 Å². The number of piperidine rings is 1. The molecule has 0 amide bonds. The lowest BCUT2D eigenvalue weighted by Crippen LogP contribution is -2.46. The first-order chi connectivity index (χ1) is 19.3. The summed E-state index contributed by atoms with van der Waals surface area (Å²) in [6.07, 6.45) is 2.66. The Labute approximate surface area is 232 Å². The predicted molar refractivity (Wildman–Crippen MR) is 149 cm³/mol. The summed E-state index contributed by atoms with van der Waals surface area (Å²) in [5, 5.41) is 11.0. The number of carbonyl (C=O) groups excluding carboxylic acids is 1. The number of ether oxygens (including phenoxy) is 4. The Hall–Kier alpha value is -4.24. The van der Waals surface area contributed by atoms with E-state index >= 15 is 0 Å². The lowest BCUT2D eigenvalue weighted by Gasteiger charge is -2.43. The SMILES string of the molecule is COc1ccc(/C=C2\Oc3c(CN4C[C@H]5C[C@@H](C4)c4cccc(=O)n4C5)c(O)cc(C)c3C2=O)c(OC)c1OC. The van der Waals surface area contributed by atoms with Crippen molar-refractivity contribution in [3.05, 3.63) is 80.5 Å². The third kappa shape index (κ3) is 4.21. The highest BCUT2D eigenvalue weighted by Crippen LogP contribution is 2.45. The minimum Gasteiger partial charge on any atom is -0.507 e. The maximum Gasteiger partial charge on any atom is 0.250 e. The number of hydrogen-bond acceptors (Lipinski definition) is 8. The minimum absolute atomic E-state index is 0.0481. The number of pyridine rings is 1. The van der Waals surface area contributed by atoms with E-state index in [4.69, 9.17) is 18.9 Å². The molecule has 9 nitrogen and oxygen atoms in total. The summed E-state index contributed by atoms with van der Waals surface area (Å²) in [5.74, 6) is 2.28. The summed E-state index contributed by atoms with van der Waals surface area (Å²) < 4.78 is 24.5. The van der Waals surface area contributed by atoms with Crippen molar-refractivity contribution in [2.75, 3.05) is 34.4 Å². The molecule has 0 saturated carbocycles. The second-order valence-corrected chi connectivity index (χ2v) is 10.7. The number of benzene rings is 2. The molecule has 3 aromatic rings. The van der Waals surface area contributed by atoms with E-state index in [9.17, 15) is 14.7 Å². The highest BCUT2D eigenvalue weighted by Gasteiger charge is 2.37. The molecule has 1 N–H and O–H groups in total. The second-order valence-electron chi connectivity index (χ2n) is 10.7. The van der Waals surface area contributed by atoms with Crippen molar-refractivity contribution in [3.63, 3.8) is 0 Å². The largest absolute Gasteiger partial charge is 0.507 e. The third-order valence-corrected chi connectivity index (χ3v) is 8.18. The number of rotatable bonds is 6. The number of allylic oxidation sites excluding steroid dienone is 1. The van der Waals surface area contributed by atoms with E-state index in [1.165, 1.54) is 14.2 Å². The smallest absolute Gasteiger partial charge is 0.250 e. The van der Waals surface area contributed by atoms with Crippen molar-refractivity contribution in [1.29, 1.82) is 0 Å². The number of likely N-dealkylation sites (tertiary alicyclic amines) is 1. The highest BCUT2D eigenvalue weighted by molar-refractivity contribution is 6.16. The maximum absolute atomic E-state index is 13.6. The molecule has 0 aliphatic carbocycles. The molecule has 4 heterocycles. The van der Waals surface area contributed by atoms with Gasteiger partial charge in [-0.3, -0.25) is 14.5 Å². The van der Waals surface area contributed by atoms with Gasteiger partial charge in [-0.05, 0) is 55.2 Å². The first kappa shape index (κ1) is 26.0. The van der Waals surface area contributed by atoms with Crippen LogP contribution in [0.2, 0.25) is 0 Å². The van der Waals surface area contributed by atoms with Gasteiger partial charge >= 0.3 is 0 Å². The van der Waals surface area contributed by atoms with Crippen molar-refractivity contribution in [2.24, 2.45) is 5.92 Å². The van der Waals surface area contributed by atoms with Gasteiger partial charge in [0.15, 0.2) is 17.3 Å². The van der Waals surface area contributed by atoms with E-state index < -0.39 is 0 Å². The summed E-state index contributed by atoms with van der Waals surface area (Å²) in [7, 11) is 4.59. The molecule has 0 spiro atoms. The van der Waals surface area contributed by atoms with Gasteiger partial charge in [0.25, 0.3) is 5.56 Å². The van der Waals surface area contributed by atoms with Gasteiger partial charge in [0.2, 0.25) is 11.5 Å². The van der Waals surface area contributed by atoms with E-state index in [0.717, 1.165) is 25.2 Å². The molecule has 2 atom stereocenters. The number of Topliss-reactive ketones (excluding diaryl/α,β-unsaturated/α-hetero) is 1. The van der Waals surface area contributed by atoms with Crippen LogP contribution >= 0.6 is 0 Å². The van der Waals surface area contributed by atoms with Crippen LogP contribution < -0.4 is 24.5 Å². The Morgan fingerprint density at radius 1 is 1.02 bits per heavy atom. The van der Waals surface area contributed by atoms with E-state index in [1.54, 1.807) is 44.4 Å². The van der Waals surface area contributed by atoms with Crippen molar-refractivity contribution < 1.29 is 28.8 Å². The Kier molecular flexibility index (Phi) is 6.54. The molecule has 9 heteroatoms. The molecular weight excluding hydrogens is 512 g/mol. The molecule has 6 rings (SSSR count). The van der Waals surface area contributed by atoms with Gasteiger partial charge in [0, 0.05) is 49.4 Å². The fraction of sp³-hybridized carbons (Fsp3) is 0.355. The van der Waals surface area contributed by atoms with Crippen LogP contribution in [0.4, 0.5) is 0 Å². The number of fused-ring (bicyclic) bond motifs is 5. The van der Waals surface area contributed by atoms with Crippen LogP contribution in [0.5, 0.6) is 28.7 Å². The van der Waals surface area contributed by atoms with E-state index in [2.05, 4.69) is 4.90 Å². The zero-order valence-corrected chi connectivity index (χ0v) is 23.0. The number of ketones is 1. The van der Waals surface area contributed by atoms with Gasteiger partial charge in [-0.15, -0.1) is 0 Å². The molecule has 1 aromatic heterocycles. The maximum atomic E-state index is 13.6. The normalized spacial score (nSPS) is 20.6. The molecular formula is C31H32N2O7. The van der Waals surface area contributed by atoms with Crippen LogP contribution in [0.15, 0.2) is 47.0 Å². The summed E-state index contributed by atoms with van der Waals surface area (Å²) in [6, 6.07) is 10.6. The average Bonchev–Trinajstić information content (AvgIpc) is 3.27. The molecule has 2 bridgehead atoms. The zero-order chi connectivity index (χ0) is 28.1. The molecule has 1 saturated heterocycles. The van der Waals surface area contributed by atoms with E-state index in [0.29, 0.717) is 64.3 Å². The molecule has 0 unspecified atom stereocenters. The zero-order valence-electron chi connectivity index (χ0n) is 23.0. The number of carbonyl (C=O) groups is 1. The first-order valence-electron chi connectivity index (χ1n) is 13.3. The number of aryl methyl sites for hydroxylation is 1. The van der Waals surface area contributed by atoms with Crippen LogP contribution in [0.3, 0.4) is 0 Å². The topological polar surface area (TPSA) is 99.5 Å². The predicted octanol–water partition coefficient (Wildman–Crippen LogP) is 4.12. The second kappa shape index (κ2) is 10.1. The van der Waals surface area contributed by atoms with Crippen LogP contribution in [-0.2, 0) is 13.1 Å². The molecule has 3 aliphatic rings. The molecule has 2 aromatic carbocycles. The Morgan fingerprint density at radius 3 is 2.58 bits per heavy atom. The van der Waals surface area contributed by atoms with E-state index in [-0.39, 0.29) is 28.8 Å². The molecule has 0 radical (unpaired) electrons. The number of aromatic hydroxyl groups is 1. The molecule has 208 valence electrons. The Bertz CT molecular complexity index is 1610. The fourth-order valence-corrected chi connectivity index (χ4v) is 6.46. The Balaban J connectivity index is 1.33. The first-order valence-corrected chi connectivity index (χ1v) is 13.3. The van der Waals surface area contributed by atoms with E-state index in [1.807, 2.05) is 16.7 Å². The summed E-state index contributed by atoms with van der Waals surface area (Å²) in [6.45, 7) is 4.46. The molecule has 3 aliphatic heterocycles. The van der Waals surface area contributed by atoms with Crippen LogP contribution in [0, 0.1) is 12.8 Å². The van der Waals surface area contributed by atoms with Crippen molar-refractivity contribution >= 4 is 11.9 Å². The Morgan fingerprint density at radius 2 is 1.82 bits per heavy atom. The van der Waals surface area contributed by atoms with Gasteiger partial charge in [-0.2, -0.15) is 0 Å². The van der Waals surface area contributed by atoms with Crippen LogP contribution in [0.25, 0.3) is 6.08 Å². The number of hydrogen-bond donors (Lipinski definition) is 1. The van der Waals surface area contributed by atoms with Gasteiger partial charge in [-0.1, -0.05) is 6.07 Å².